The molecule has 11 heavy (non-hydrogen) atoms. The van der Waals surface area contributed by atoms with Crippen LogP contribution in [0.2, 0.25) is 0 Å². The third kappa shape index (κ3) is 2.19. The molecule has 0 aromatic heterocycles. The smallest absolute Gasteiger partial charge is 0.00294 e. The van der Waals surface area contributed by atoms with Crippen LogP contribution in [0.15, 0.2) is 0 Å². The van der Waals surface area contributed by atoms with Gasteiger partial charge in [-0.15, -0.1) is 0 Å². The molecule has 0 heterocycles. The summed E-state index contributed by atoms with van der Waals surface area (Å²) in [7, 11) is 4.34. The highest BCUT2D eigenvalue weighted by Gasteiger charge is 2.38. The lowest BCUT2D eigenvalue weighted by Crippen LogP contribution is -2.42. The zero-order valence-electron chi connectivity index (χ0n) is 8.35. The van der Waals surface area contributed by atoms with Crippen LogP contribution in [0, 0.1) is 11.3 Å². The first kappa shape index (κ1) is 9.05. The van der Waals surface area contributed by atoms with Crippen LogP contribution in [-0.4, -0.2) is 25.5 Å². The SMILES string of the molecule is CCC1CC(C)(CN(C)C)C1. The van der Waals surface area contributed by atoms with E-state index >= 15 is 0 Å². The Kier molecular flexibility index (Phi) is 2.58. The lowest BCUT2D eigenvalue weighted by atomic mass is 9.62. The summed E-state index contributed by atoms with van der Waals surface area (Å²) in [5.41, 5.74) is 0.643. The van der Waals surface area contributed by atoms with Crippen LogP contribution < -0.4 is 0 Å². The molecular weight excluding hydrogens is 134 g/mol. The van der Waals surface area contributed by atoms with Gasteiger partial charge in [0.25, 0.3) is 0 Å². The zero-order chi connectivity index (χ0) is 8.48. The quantitative estimate of drug-likeness (QED) is 0.605. The number of nitrogens with zero attached hydrogens (tertiary/aromatic N) is 1. The molecule has 0 bridgehead atoms. The summed E-state index contributed by atoms with van der Waals surface area (Å²) >= 11 is 0. The van der Waals surface area contributed by atoms with Crippen LogP contribution in [0.25, 0.3) is 0 Å². The molecule has 0 radical (unpaired) electrons. The van der Waals surface area contributed by atoms with Crippen molar-refractivity contribution in [1.29, 1.82) is 0 Å². The van der Waals surface area contributed by atoms with Gasteiger partial charge < -0.3 is 4.90 Å². The number of rotatable bonds is 3. The third-order valence-corrected chi connectivity index (χ3v) is 2.84. The zero-order valence-corrected chi connectivity index (χ0v) is 8.35. The van der Waals surface area contributed by atoms with Gasteiger partial charge in [0.15, 0.2) is 0 Å². The minimum absolute atomic E-state index is 0.643. The Hall–Kier alpha value is -0.0400. The summed E-state index contributed by atoms with van der Waals surface area (Å²) in [5.74, 6) is 1.03. The van der Waals surface area contributed by atoms with Crippen molar-refractivity contribution in [3.05, 3.63) is 0 Å². The van der Waals surface area contributed by atoms with Crippen molar-refractivity contribution in [3.63, 3.8) is 0 Å². The Labute approximate surface area is 70.8 Å². The average Bonchev–Trinajstić information content (AvgIpc) is 1.80. The van der Waals surface area contributed by atoms with E-state index in [1.165, 1.54) is 25.8 Å². The molecule has 0 saturated heterocycles. The normalized spacial score (nSPS) is 37.4. The Balaban J connectivity index is 2.25. The molecule has 1 aliphatic rings. The van der Waals surface area contributed by atoms with Crippen LogP contribution in [-0.2, 0) is 0 Å². The standard InChI is InChI=1S/C10H21N/c1-5-9-6-10(2,7-9)8-11(3)4/h9H,5-8H2,1-4H3. The highest BCUT2D eigenvalue weighted by molar-refractivity contribution is 4.90. The van der Waals surface area contributed by atoms with Crippen molar-refractivity contribution < 1.29 is 0 Å². The number of hydrogen-bond donors (Lipinski definition) is 0. The van der Waals surface area contributed by atoms with Crippen molar-refractivity contribution in [2.75, 3.05) is 20.6 Å². The molecule has 0 unspecified atom stereocenters. The van der Waals surface area contributed by atoms with Crippen LogP contribution in [0.5, 0.6) is 0 Å². The fourth-order valence-electron chi connectivity index (χ4n) is 2.52. The molecule has 0 amide bonds. The lowest BCUT2D eigenvalue weighted by Gasteiger charge is -2.46. The summed E-state index contributed by atoms with van der Waals surface area (Å²) in [4.78, 5) is 2.31. The Bertz CT molecular complexity index is 123. The van der Waals surface area contributed by atoms with E-state index in [2.05, 4.69) is 32.8 Å². The van der Waals surface area contributed by atoms with Crippen molar-refractivity contribution >= 4 is 0 Å². The van der Waals surface area contributed by atoms with Gasteiger partial charge in [-0.3, -0.25) is 0 Å². The van der Waals surface area contributed by atoms with E-state index < -0.39 is 0 Å². The molecular formula is C10H21N. The fourth-order valence-corrected chi connectivity index (χ4v) is 2.52. The van der Waals surface area contributed by atoms with Gasteiger partial charge in [0.2, 0.25) is 0 Å². The first-order chi connectivity index (χ1) is 5.06. The molecule has 0 aromatic rings. The average molecular weight is 155 g/mol. The second-order valence-corrected chi connectivity index (χ2v) is 4.73. The van der Waals surface area contributed by atoms with Crippen LogP contribution in [0.4, 0.5) is 0 Å². The minimum atomic E-state index is 0.643. The van der Waals surface area contributed by atoms with Gasteiger partial charge in [-0.25, -0.2) is 0 Å². The van der Waals surface area contributed by atoms with Gasteiger partial charge in [0.1, 0.15) is 0 Å². The van der Waals surface area contributed by atoms with Crippen LogP contribution in [0.1, 0.15) is 33.1 Å². The molecule has 0 aromatic carbocycles. The largest absolute Gasteiger partial charge is 0.309 e. The molecule has 1 saturated carbocycles. The van der Waals surface area contributed by atoms with E-state index in [1.807, 2.05) is 0 Å². The van der Waals surface area contributed by atoms with Gasteiger partial charge in [-0.2, -0.15) is 0 Å². The molecule has 1 rings (SSSR count). The van der Waals surface area contributed by atoms with Crippen LogP contribution >= 0.6 is 0 Å². The van der Waals surface area contributed by atoms with E-state index in [1.54, 1.807) is 0 Å². The van der Waals surface area contributed by atoms with Crippen LogP contribution in [0.3, 0.4) is 0 Å². The van der Waals surface area contributed by atoms with Gasteiger partial charge in [-0.05, 0) is 38.3 Å². The third-order valence-electron chi connectivity index (χ3n) is 2.84. The highest BCUT2D eigenvalue weighted by Crippen LogP contribution is 2.46. The summed E-state index contributed by atoms with van der Waals surface area (Å²) in [6.45, 7) is 5.99. The predicted octanol–water partition coefficient (Wildman–Crippen LogP) is 2.37. The first-order valence-electron chi connectivity index (χ1n) is 4.70. The van der Waals surface area contributed by atoms with E-state index in [4.69, 9.17) is 0 Å². The second kappa shape index (κ2) is 3.14. The van der Waals surface area contributed by atoms with Crippen molar-refractivity contribution in [2.24, 2.45) is 11.3 Å². The lowest BCUT2D eigenvalue weighted by molar-refractivity contribution is 0.0438. The summed E-state index contributed by atoms with van der Waals surface area (Å²) in [6.07, 6.45) is 4.27. The predicted molar refractivity (Wildman–Crippen MR) is 49.7 cm³/mol. The monoisotopic (exact) mass is 155 g/mol. The van der Waals surface area contributed by atoms with Gasteiger partial charge >= 0.3 is 0 Å². The van der Waals surface area contributed by atoms with E-state index in [9.17, 15) is 0 Å². The topological polar surface area (TPSA) is 3.24 Å². The minimum Gasteiger partial charge on any atom is -0.309 e. The van der Waals surface area contributed by atoms with Gasteiger partial charge in [0, 0.05) is 6.54 Å². The first-order valence-corrected chi connectivity index (χ1v) is 4.70. The Morgan fingerprint density at radius 1 is 1.36 bits per heavy atom. The number of hydrogen-bond acceptors (Lipinski definition) is 1. The molecule has 1 heteroatoms. The molecule has 1 aliphatic carbocycles. The molecule has 0 N–H and O–H groups in total. The molecule has 0 atom stereocenters. The van der Waals surface area contributed by atoms with E-state index in [0.29, 0.717) is 5.41 Å². The van der Waals surface area contributed by atoms with Gasteiger partial charge in [-0.1, -0.05) is 20.3 Å². The highest BCUT2D eigenvalue weighted by atomic mass is 15.1. The van der Waals surface area contributed by atoms with Crippen molar-refractivity contribution in [2.45, 2.75) is 33.1 Å². The molecule has 0 spiro atoms. The second-order valence-electron chi connectivity index (χ2n) is 4.73. The summed E-state index contributed by atoms with van der Waals surface area (Å²) in [6, 6.07) is 0. The van der Waals surface area contributed by atoms with Gasteiger partial charge in [0.05, 0.1) is 0 Å². The maximum absolute atomic E-state index is 2.42. The molecule has 1 fully saturated rings. The summed E-state index contributed by atoms with van der Waals surface area (Å²) < 4.78 is 0. The molecule has 0 aliphatic heterocycles. The fraction of sp³-hybridized carbons (Fsp3) is 1.00. The maximum atomic E-state index is 2.42. The van der Waals surface area contributed by atoms with E-state index in [0.717, 1.165) is 5.92 Å². The van der Waals surface area contributed by atoms with Crippen molar-refractivity contribution in [1.82, 2.24) is 4.90 Å². The molecule has 1 nitrogen and oxygen atoms in total. The van der Waals surface area contributed by atoms with E-state index in [-0.39, 0.29) is 0 Å². The Morgan fingerprint density at radius 2 is 1.91 bits per heavy atom. The Morgan fingerprint density at radius 3 is 2.27 bits per heavy atom. The molecule has 66 valence electrons. The maximum Gasteiger partial charge on any atom is 0.00294 e. The summed E-state index contributed by atoms with van der Waals surface area (Å²) in [5, 5.41) is 0. The van der Waals surface area contributed by atoms with Crippen molar-refractivity contribution in [3.8, 4) is 0 Å².